The molecule has 0 unspecified atom stereocenters. The van der Waals surface area contributed by atoms with Gasteiger partial charge in [0.05, 0.1) is 17.3 Å². The van der Waals surface area contributed by atoms with E-state index < -0.39 is 0 Å². The van der Waals surface area contributed by atoms with Gasteiger partial charge in [-0.1, -0.05) is 12.1 Å². The van der Waals surface area contributed by atoms with Crippen LogP contribution in [0.3, 0.4) is 0 Å². The number of nitriles is 1. The summed E-state index contributed by atoms with van der Waals surface area (Å²) in [4.78, 5) is 12.4. The maximum absolute atomic E-state index is 9.58. The number of fused-ring (bicyclic) bond motifs is 1. The van der Waals surface area contributed by atoms with Gasteiger partial charge in [-0.05, 0) is 30.7 Å². The van der Waals surface area contributed by atoms with Crippen molar-refractivity contribution < 1.29 is 4.74 Å². The molecule has 0 atom stereocenters. The maximum atomic E-state index is 9.58. The topological polar surface area (TPSA) is 102 Å². The van der Waals surface area contributed by atoms with E-state index in [1.165, 1.54) is 0 Å². The Hall–Kier alpha value is -3.92. The maximum Gasteiger partial charge on any atom is 0.322 e. The van der Waals surface area contributed by atoms with Crippen LogP contribution in [-0.2, 0) is 0 Å². The van der Waals surface area contributed by atoms with Gasteiger partial charge in [0.1, 0.15) is 17.6 Å². The summed E-state index contributed by atoms with van der Waals surface area (Å²) in [6, 6.07) is 11.6. The summed E-state index contributed by atoms with van der Waals surface area (Å²) in [5.41, 5.74) is 9.75. The van der Waals surface area contributed by atoms with Gasteiger partial charge in [-0.2, -0.15) is 5.26 Å². The molecular formula is C19H14N6O. The lowest BCUT2D eigenvalue weighted by Gasteiger charge is -2.06. The molecule has 1 aromatic carbocycles. The Morgan fingerprint density at radius 2 is 1.96 bits per heavy atom. The molecule has 3 heterocycles. The zero-order valence-corrected chi connectivity index (χ0v) is 13.9. The van der Waals surface area contributed by atoms with Crippen molar-refractivity contribution in [1.82, 2.24) is 19.4 Å². The van der Waals surface area contributed by atoms with E-state index in [0.717, 1.165) is 11.3 Å². The van der Waals surface area contributed by atoms with Gasteiger partial charge in [-0.25, -0.2) is 9.97 Å². The summed E-state index contributed by atoms with van der Waals surface area (Å²) in [6.07, 6.45) is 6.65. The SMILES string of the molecule is Cc1ccnc(Oc2ccc(-c3c(C#N)c4cnccn4c3N)cc2)n1. The fourth-order valence-electron chi connectivity index (χ4n) is 2.81. The van der Waals surface area contributed by atoms with Crippen LogP contribution in [0.4, 0.5) is 5.82 Å². The molecule has 126 valence electrons. The van der Waals surface area contributed by atoms with E-state index in [4.69, 9.17) is 10.5 Å². The molecule has 7 nitrogen and oxygen atoms in total. The summed E-state index contributed by atoms with van der Waals surface area (Å²) in [7, 11) is 0. The predicted molar refractivity (Wildman–Crippen MR) is 96.6 cm³/mol. The largest absolute Gasteiger partial charge is 0.424 e. The molecular weight excluding hydrogens is 328 g/mol. The van der Waals surface area contributed by atoms with Crippen LogP contribution >= 0.6 is 0 Å². The van der Waals surface area contributed by atoms with Crippen molar-refractivity contribution in [2.75, 3.05) is 5.73 Å². The molecule has 0 amide bonds. The highest BCUT2D eigenvalue weighted by atomic mass is 16.5. The number of ether oxygens (including phenoxy) is 1. The van der Waals surface area contributed by atoms with Crippen molar-refractivity contribution in [2.45, 2.75) is 6.92 Å². The molecule has 26 heavy (non-hydrogen) atoms. The minimum absolute atomic E-state index is 0.288. The third-order valence-corrected chi connectivity index (χ3v) is 4.02. The zero-order chi connectivity index (χ0) is 18.1. The Balaban J connectivity index is 1.73. The van der Waals surface area contributed by atoms with Crippen LogP contribution in [-0.4, -0.2) is 19.4 Å². The number of aromatic nitrogens is 4. The van der Waals surface area contributed by atoms with Gasteiger partial charge in [0, 0.05) is 29.8 Å². The number of rotatable bonds is 3. The number of aryl methyl sites for hydroxylation is 1. The number of nitrogens with zero attached hydrogens (tertiary/aromatic N) is 5. The number of hydrogen-bond acceptors (Lipinski definition) is 6. The van der Waals surface area contributed by atoms with E-state index in [-0.39, 0.29) is 6.01 Å². The van der Waals surface area contributed by atoms with E-state index >= 15 is 0 Å². The van der Waals surface area contributed by atoms with Crippen LogP contribution < -0.4 is 10.5 Å². The van der Waals surface area contributed by atoms with Crippen LogP contribution in [0.15, 0.2) is 55.1 Å². The predicted octanol–water partition coefficient (Wildman–Crippen LogP) is 3.35. The molecule has 0 saturated carbocycles. The third-order valence-electron chi connectivity index (χ3n) is 4.02. The Bertz CT molecular complexity index is 1140. The second-order valence-corrected chi connectivity index (χ2v) is 5.69. The van der Waals surface area contributed by atoms with Gasteiger partial charge in [-0.15, -0.1) is 0 Å². The number of benzene rings is 1. The molecule has 0 radical (unpaired) electrons. The fraction of sp³-hybridized carbons (Fsp3) is 0.0526. The first-order valence-corrected chi connectivity index (χ1v) is 7.89. The minimum atomic E-state index is 0.288. The van der Waals surface area contributed by atoms with Crippen LogP contribution in [0.5, 0.6) is 11.8 Å². The summed E-state index contributed by atoms with van der Waals surface area (Å²) in [5.74, 6) is 1.09. The lowest BCUT2D eigenvalue weighted by atomic mass is 10.0. The van der Waals surface area contributed by atoms with E-state index in [9.17, 15) is 5.26 Å². The van der Waals surface area contributed by atoms with Gasteiger partial charge in [0.15, 0.2) is 0 Å². The van der Waals surface area contributed by atoms with E-state index in [0.29, 0.717) is 28.2 Å². The van der Waals surface area contributed by atoms with Crippen molar-refractivity contribution in [3.63, 3.8) is 0 Å². The highest BCUT2D eigenvalue weighted by molar-refractivity contribution is 5.89. The first-order chi connectivity index (χ1) is 12.7. The highest BCUT2D eigenvalue weighted by Crippen LogP contribution is 2.35. The van der Waals surface area contributed by atoms with E-state index in [1.54, 1.807) is 47.4 Å². The highest BCUT2D eigenvalue weighted by Gasteiger charge is 2.17. The summed E-state index contributed by atoms with van der Waals surface area (Å²) in [6.45, 7) is 1.87. The first-order valence-electron chi connectivity index (χ1n) is 7.89. The summed E-state index contributed by atoms with van der Waals surface area (Å²) in [5, 5.41) is 9.58. The first kappa shape index (κ1) is 15.6. The Morgan fingerprint density at radius 3 is 2.69 bits per heavy atom. The molecule has 0 aliphatic heterocycles. The van der Waals surface area contributed by atoms with Crippen LogP contribution in [0.25, 0.3) is 16.6 Å². The van der Waals surface area contributed by atoms with Crippen molar-refractivity contribution in [3.8, 4) is 29.0 Å². The molecule has 3 aromatic heterocycles. The van der Waals surface area contributed by atoms with Crippen LogP contribution in [0, 0.1) is 18.3 Å². The average Bonchev–Trinajstić information content (AvgIpc) is 2.95. The molecule has 2 N–H and O–H groups in total. The molecule has 0 aliphatic carbocycles. The van der Waals surface area contributed by atoms with Crippen molar-refractivity contribution in [2.24, 2.45) is 0 Å². The lowest BCUT2D eigenvalue weighted by molar-refractivity contribution is 0.440. The quantitative estimate of drug-likeness (QED) is 0.612. The van der Waals surface area contributed by atoms with E-state index in [2.05, 4.69) is 21.0 Å². The van der Waals surface area contributed by atoms with Gasteiger partial charge in [0.25, 0.3) is 0 Å². The second kappa shape index (κ2) is 6.18. The molecule has 7 heteroatoms. The van der Waals surface area contributed by atoms with Gasteiger partial charge in [0.2, 0.25) is 0 Å². The lowest BCUT2D eigenvalue weighted by Crippen LogP contribution is -1.94. The standard InChI is InChI=1S/C19H14N6O/c1-12-6-7-23-19(24-12)26-14-4-2-13(3-5-14)17-15(10-20)16-11-22-8-9-25(16)18(17)21/h2-9,11H,21H2,1H3. The molecule has 4 aromatic rings. The Kier molecular flexibility index (Phi) is 3.71. The molecule has 0 bridgehead atoms. The minimum Gasteiger partial charge on any atom is -0.424 e. The van der Waals surface area contributed by atoms with E-state index in [1.807, 2.05) is 19.1 Å². The van der Waals surface area contributed by atoms with Gasteiger partial charge in [-0.3, -0.25) is 9.38 Å². The molecule has 4 rings (SSSR count). The summed E-state index contributed by atoms with van der Waals surface area (Å²) < 4.78 is 7.42. The van der Waals surface area contributed by atoms with Crippen LogP contribution in [0.2, 0.25) is 0 Å². The number of anilines is 1. The fourth-order valence-corrected chi connectivity index (χ4v) is 2.81. The van der Waals surface area contributed by atoms with Crippen molar-refractivity contribution in [1.29, 1.82) is 5.26 Å². The molecule has 0 spiro atoms. The van der Waals surface area contributed by atoms with Gasteiger partial charge < -0.3 is 10.5 Å². The molecule has 0 saturated heterocycles. The monoisotopic (exact) mass is 342 g/mol. The number of nitrogen functional groups attached to an aromatic ring is 1. The Morgan fingerprint density at radius 1 is 1.15 bits per heavy atom. The zero-order valence-electron chi connectivity index (χ0n) is 13.9. The molecule has 0 fully saturated rings. The number of hydrogen-bond donors (Lipinski definition) is 1. The van der Waals surface area contributed by atoms with Crippen molar-refractivity contribution in [3.05, 3.63) is 66.4 Å². The van der Waals surface area contributed by atoms with Crippen molar-refractivity contribution >= 4 is 11.3 Å². The Labute approximate surface area is 149 Å². The number of nitrogens with two attached hydrogens (primary N) is 1. The van der Waals surface area contributed by atoms with Gasteiger partial charge >= 0.3 is 6.01 Å². The smallest absolute Gasteiger partial charge is 0.322 e. The van der Waals surface area contributed by atoms with Crippen LogP contribution in [0.1, 0.15) is 11.3 Å². The normalized spacial score (nSPS) is 10.6. The summed E-state index contributed by atoms with van der Waals surface area (Å²) >= 11 is 0. The second-order valence-electron chi connectivity index (χ2n) is 5.69. The third kappa shape index (κ3) is 2.59. The average molecular weight is 342 g/mol. The molecule has 0 aliphatic rings.